The van der Waals surface area contributed by atoms with Gasteiger partial charge in [0.1, 0.15) is 5.82 Å². The topological polar surface area (TPSA) is 61.4 Å². The van der Waals surface area contributed by atoms with Gasteiger partial charge in [-0.25, -0.2) is 4.98 Å². The highest BCUT2D eigenvalue weighted by Gasteiger charge is 2.55. The van der Waals surface area contributed by atoms with E-state index in [9.17, 15) is 4.79 Å². The van der Waals surface area contributed by atoms with Gasteiger partial charge in [-0.2, -0.15) is 0 Å². The smallest absolute Gasteiger partial charge is 0.230 e. The molecule has 3 aliphatic heterocycles. The van der Waals surface area contributed by atoms with Crippen LogP contribution in [0.15, 0.2) is 6.20 Å². The SMILES string of the molecule is CC[C@@]1(C(=O)N2CCN(c3nc(C)cnc3C)CC2)C[C@@H]2CC[C@H]1N2. The number of anilines is 1. The predicted octanol–water partition coefficient (Wildman–Crippen LogP) is 1.66. The van der Waals surface area contributed by atoms with Crippen molar-refractivity contribution in [2.24, 2.45) is 5.41 Å². The van der Waals surface area contributed by atoms with Crippen LogP contribution in [-0.4, -0.2) is 59.0 Å². The Bertz CT molecular complexity index is 670. The molecule has 4 heterocycles. The average Bonchev–Trinajstić information content (AvgIpc) is 3.25. The summed E-state index contributed by atoms with van der Waals surface area (Å²) in [6.07, 6.45) is 6.17. The fourth-order valence-corrected chi connectivity index (χ4v) is 5.04. The number of rotatable bonds is 3. The fraction of sp³-hybridized carbons (Fsp3) is 0.737. The van der Waals surface area contributed by atoms with Crippen LogP contribution >= 0.6 is 0 Å². The third kappa shape index (κ3) is 2.71. The van der Waals surface area contributed by atoms with Crippen LogP contribution in [0.4, 0.5) is 5.82 Å². The number of carbonyl (C=O) groups is 1. The van der Waals surface area contributed by atoms with E-state index in [1.54, 1.807) is 0 Å². The summed E-state index contributed by atoms with van der Waals surface area (Å²) >= 11 is 0. The maximum Gasteiger partial charge on any atom is 0.230 e. The van der Waals surface area contributed by atoms with Crippen LogP contribution < -0.4 is 10.2 Å². The Morgan fingerprint density at radius 2 is 2.04 bits per heavy atom. The lowest BCUT2D eigenvalue weighted by Crippen LogP contribution is -2.56. The average molecular weight is 343 g/mol. The Morgan fingerprint density at radius 3 is 2.64 bits per heavy atom. The Hall–Kier alpha value is -1.69. The normalized spacial score (nSPS) is 31.6. The fourth-order valence-electron chi connectivity index (χ4n) is 5.04. The van der Waals surface area contributed by atoms with Crippen LogP contribution in [0.5, 0.6) is 0 Å². The van der Waals surface area contributed by atoms with E-state index < -0.39 is 0 Å². The monoisotopic (exact) mass is 343 g/mol. The molecular formula is C19H29N5O. The molecule has 1 aromatic heterocycles. The molecule has 3 aliphatic rings. The molecule has 0 radical (unpaired) electrons. The molecule has 1 amide bonds. The van der Waals surface area contributed by atoms with Crippen molar-refractivity contribution in [3.63, 3.8) is 0 Å². The number of fused-ring (bicyclic) bond motifs is 2. The van der Waals surface area contributed by atoms with Gasteiger partial charge in [0.05, 0.1) is 16.8 Å². The van der Waals surface area contributed by atoms with E-state index in [1.807, 2.05) is 20.0 Å². The lowest BCUT2D eigenvalue weighted by atomic mass is 9.70. The van der Waals surface area contributed by atoms with Crippen molar-refractivity contribution < 1.29 is 4.79 Å². The molecule has 1 aromatic rings. The summed E-state index contributed by atoms with van der Waals surface area (Å²) in [7, 11) is 0. The van der Waals surface area contributed by atoms with Crippen molar-refractivity contribution in [1.82, 2.24) is 20.2 Å². The molecule has 0 aliphatic carbocycles. The highest BCUT2D eigenvalue weighted by Crippen LogP contribution is 2.47. The van der Waals surface area contributed by atoms with Crippen molar-refractivity contribution in [1.29, 1.82) is 0 Å². The Labute approximate surface area is 150 Å². The lowest BCUT2D eigenvalue weighted by molar-refractivity contribution is -0.144. The molecule has 0 saturated carbocycles. The number of hydrogen-bond acceptors (Lipinski definition) is 5. The van der Waals surface area contributed by atoms with E-state index in [-0.39, 0.29) is 5.41 Å². The molecule has 0 unspecified atom stereocenters. The standard InChI is InChI=1S/C19H29N5O/c1-4-19(11-15-5-6-16(19)22-15)18(25)24-9-7-23(8-10-24)17-14(3)20-12-13(2)21-17/h12,15-16,22H,4-11H2,1-3H3/t15-,16+,19+/m0/s1. The first kappa shape index (κ1) is 16.8. The predicted molar refractivity (Wildman–Crippen MR) is 97.6 cm³/mol. The van der Waals surface area contributed by atoms with Gasteiger partial charge in [-0.1, -0.05) is 6.92 Å². The maximum absolute atomic E-state index is 13.3. The Morgan fingerprint density at radius 1 is 1.28 bits per heavy atom. The van der Waals surface area contributed by atoms with Crippen molar-refractivity contribution in [2.75, 3.05) is 31.1 Å². The zero-order valence-electron chi connectivity index (χ0n) is 15.6. The minimum absolute atomic E-state index is 0.163. The summed E-state index contributed by atoms with van der Waals surface area (Å²) in [6, 6.07) is 0.943. The number of carbonyl (C=O) groups excluding carboxylic acids is 1. The number of hydrogen-bond donors (Lipinski definition) is 1. The molecule has 6 heteroatoms. The summed E-state index contributed by atoms with van der Waals surface area (Å²) in [5, 5.41) is 3.66. The van der Waals surface area contributed by atoms with Gasteiger partial charge >= 0.3 is 0 Å². The summed E-state index contributed by atoms with van der Waals surface area (Å²) in [5.74, 6) is 1.35. The molecule has 4 rings (SSSR count). The van der Waals surface area contributed by atoms with Crippen molar-refractivity contribution in [3.8, 4) is 0 Å². The highest BCUT2D eigenvalue weighted by molar-refractivity contribution is 5.84. The Balaban J connectivity index is 1.45. The molecular weight excluding hydrogens is 314 g/mol. The second-order valence-electron chi connectivity index (χ2n) is 7.91. The van der Waals surface area contributed by atoms with Crippen molar-refractivity contribution >= 4 is 11.7 Å². The molecule has 25 heavy (non-hydrogen) atoms. The largest absolute Gasteiger partial charge is 0.352 e. The van der Waals surface area contributed by atoms with Gasteiger partial charge in [0.2, 0.25) is 5.91 Å². The number of amides is 1. The maximum atomic E-state index is 13.3. The molecule has 3 atom stereocenters. The van der Waals surface area contributed by atoms with Gasteiger partial charge in [-0.3, -0.25) is 9.78 Å². The van der Waals surface area contributed by atoms with Crippen LogP contribution in [0.25, 0.3) is 0 Å². The van der Waals surface area contributed by atoms with E-state index in [0.29, 0.717) is 18.0 Å². The van der Waals surface area contributed by atoms with Gasteiger partial charge in [0, 0.05) is 44.5 Å². The number of nitrogens with zero attached hydrogens (tertiary/aromatic N) is 4. The zero-order chi connectivity index (χ0) is 17.6. The van der Waals surface area contributed by atoms with Crippen molar-refractivity contribution in [2.45, 2.75) is 58.5 Å². The first-order chi connectivity index (χ1) is 12.0. The van der Waals surface area contributed by atoms with E-state index in [1.165, 1.54) is 6.42 Å². The van der Waals surface area contributed by atoms with E-state index >= 15 is 0 Å². The van der Waals surface area contributed by atoms with Crippen LogP contribution in [0.3, 0.4) is 0 Å². The molecule has 3 saturated heterocycles. The lowest BCUT2D eigenvalue weighted by Gasteiger charge is -2.42. The molecule has 3 fully saturated rings. The van der Waals surface area contributed by atoms with Crippen LogP contribution in [0.2, 0.25) is 0 Å². The molecule has 2 bridgehead atoms. The molecule has 6 nitrogen and oxygen atoms in total. The first-order valence-corrected chi connectivity index (χ1v) is 9.64. The van der Waals surface area contributed by atoms with Crippen LogP contribution in [-0.2, 0) is 4.79 Å². The first-order valence-electron chi connectivity index (χ1n) is 9.64. The van der Waals surface area contributed by atoms with Gasteiger partial charge in [0.25, 0.3) is 0 Å². The number of aromatic nitrogens is 2. The Kier molecular flexibility index (Phi) is 4.18. The summed E-state index contributed by atoms with van der Waals surface area (Å²) < 4.78 is 0. The zero-order valence-corrected chi connectivity index (χ0v) is 15.6. The van der Waals surface area contributed by atoms with E-state index in [0.717, 1.165) is 62.6 Å². The minimum atomic E-state index is -0.163. The highest BCUT2D eigenvalue weighted by atomic mass is 16.2. The second kappa shape index (κ2) is 6.24. The van der Waals surface area contributed by atoms with E-state index in [2.05, 4.69) is 32.0 Å². The van der Waals surface area contributed by atoms with Gasteiger partial charge in [-0.05, 0) is 39.5 Å². The third-order valence-electron chi connectivity index (χ3n) is 6.49. The summed E-state index contributed by atoms with van der Waals surface area (Å²) in [6.45, 7) is 9.41. The van der Waals surface area contributed by atoms with Crippen LogP contribution in [0, 0.1) is 19.3 Å². The van der Waals surface area contributed by atoms with Gasteiger partial charge in [0.15, 0.2) is 0 Å². The van der Waals surface area contributed by atoms with Gasteiger partial charge in [-0.15, -0.1) is 0 Å². The number of nitrogens with one attached hydrogen (secondary N) is 1. The van der Waals surface area contributed by atoms with Crippen molar-refractivity contribution in [3.05, 3.63) is 17.6 Å². The van der Waals surface area contributed by atoms with Gasteiger partial charge < -0.3 is 15.1 Å². The molecule has 136 valence electrons. The number of aryl methyl sites for hydroxylation is 2. The number of piperazine rings is 1. The summed E-state index contributed by atoms with van der Waals surface area (Å²) in [5.41, 5.74) is 1.74. The van der Waals surface area contributed by atoms with Crippen LogP contribution in [0.1, 0.15) is 44.0 Å². The third-order valence-corrected chi connectivity index (χ3v) is 6.49. The molecule has 1 N–H and O–H groups in total. The molecule has 0 spiro atoms. The second-order valence-corrected chi connectivity index (χ2v) is 7.91. The molecule has 0 aromatic carbocycles. The summed E-state index contributed by atoms with van der Waals surface area (Å²) in [4.78, 5) is 26.8. The van der Waals surface area contributed by atoms with E-state index in [4.69, 9.17) is 0 Å². The minimum Gasteiger partial charge on any atom is -0.352 e. The quantitative estimate of drug-likeness (QED) is 0.904.